The van der Waals surface area contributed by atoms with Crippen molar-refractivity contribution in [2.45, 2.75) is 56.6 Å². The van der Waals surface area contributed by atoms with Crippen molar-refractivity contribution in [3.8, 4) is 0 Å². The number of benzene rings is 1. The zero-order valence-electron chi connectivity index (χ0n) is 12.5. The second-order valence-electron chi connectivity index (χ2n) is 5.84. The molecule has 1 atom stereocenters. The maximum atomic E-state index is 13.9. The molecule has 3 N–H and O–H groups in total. The largest absolute Gasteiger partial charge is 0.377 e. The van der Waals surface area contributed by atoms with Crippen molar-refractivity contribution in [1.82, 2.24) is 5.43 Å². The van der Waals surface area contributed by atoms with Crippen LogP contribution in [0.25, 0.3) is 0 Å². The topological polar surface area (TPSA) is 47.3 Å². The summed E-state index contributed by atoms with van der Waals surface area (Å²) in [5.74, 6) is 4.86. The summed E-state index contributed by atoms with van der Waals surface area (Å²) < 4.78 is 33.0. The average molecular weight is 298 g/mol. The number of methoxy groups -OCH3 is 1. The third-order valence-electron chi connectivity index (χ3n) is 4.62. The van der Waals surface area contributed by atoms with E-state index in [2.05, 4.69) is 5.43 Å². The Morgan fingerprint density at radius 3 is 2.48 bits per heavy atom. The van der Waals surface area contributed by atoms with Gasteiger partial charge in [-0.2, -0.15) is 0 Å². The molecule has 1 fully saturated rings. The van der Waals surface area contributed by atoms with Crippen molar-refractivity contribution < 1.29 is 13.5 Å². The molecule has 1 unspecified atom stereocenters. The van der Waals surface area contributed by atoms with Gasteiger partial charge in [0.2, 0.25) is 0 Å². The molecule has 0 saturated heterocycles. The Balaban J connectivity index is 2.22. The summed E-state index contributed by atoms with van der Waals surface area (Å²) in [5, 5.41) is 0. The molecule has 1 aromatic carbocycles. The summed E-state index contributed by atoms with van der Waals surface area (Å²) in [4.78, 5) is 0. The number of nitrogens with two attached hydrogens (primary N) is 1. The van der Waals surface area contributed by atoms with Crippen LogP contribution >= 0.6 is 0 Å². The van der Waals surface area contributed by atoms with Crippen LogP contribution in [0.2, 0.25) is 0 Å². The molecule has 3 nitrogen and oxygen atoms in total. The van der Waals surface area contributed by atoms with Crippen molar-refractivity contribution in [2.24, 2.45) is 5.84 Å². The average Bonchev–Trinajstić information content (AvgIpc) is 2.74. The van der Waals surface area contributed by atoms with Crippen LogP contribution in [0.1, 0.15) is 44.1 Å². The molecular weight excluding hydrogens is 274 g/mol. The van der Waals surface area contributed by atoms with Crippen molar-refractivity contribution >= 4 is 0 Å². The maximum Gasteiger partial charge on any atom is 0.126 e. The second kappa shape index (κ2) is 7.29. The van der Waals surface area contributed by atoms with Crippen LogP contribution in [0.4, 0.5) is 8.78 Å². The highest BCUT2D eigenvalue weighted by atomic mass is 19.1. The Bertz CT molecular complexity index is 460. The summed E-state index contributed by atoms with van der Waals surface area (Å²) in [6.07, 6.45) is 6.57. The zero-order chi connectivity index (χ0) is 15.3. The molecule has 1 aliphatic carbocycles. The Morgan fingerprint density at radius 1 is 1.24 bits per heavy atom. The first-order valence-corrected chi connectivity index (χ1v) is 7.56. The lowest BCUT2D eigenvalue weighted by molar-refractivity contribution is -0.0528. The number of halogens is 2. The van der Waals surface area contributed by atoms with Crippen molar-refractivity contribution in [3.63, 3.8) is 0 Å². The predicted octanol–water partition coefficient (Wildman–Crippen LogP) is 3.08. The standard InChI is InChI=1S/C16H24F2N2O/c1-21-16(8-4-2-3-5-9-16)15(20-19)11-12-10-13(17)6-7-14(12)18/h6-7,10,15,20H,2-5,8-9,11,19H2,1H3. The fourth-order valence-corrected chi connectivity index (χ4v) is 3.34. The lowest BCUT2D eigenvalue weighted by atomic mass is 9.83. The molecule has 0 amide bonds. The van der Waals surface area contributed by atoms with E-state index in [1.807, 2.05) is 0 Å². The summed E-state index contributed by atoms with van der Waals surface area (Å²) in [6.45, 7) is 0. The summed E-state index contributed by atoms with van der Waals surface area (Å²) in [5.41, 5.74) is 2.69. The molecule has 21 heavy (non-hydrogen) atoms. The molecule has 1 aromatic rings. The van der Waals surface area contributed by atoms with Crippen molar-refractivity contribution in [3.05, 3.63) is 35.4 Å². The fourth-order valence-electron chi connectivity index (χ4n) is 3.34. The lowest BCUT2D eigenvalue weighted by Gasteiger charge is -2.39. The molecule has 0 radical (unpaired) electrons. The normalized spacial score (nSPS) is 20.0. The highest BCUT2D eigenvalue weighted by Gasteiger charge is 2.39. The van der Waals surface area contributed by atoms with Gasteiger partial charge in [-0.25, -0.2) is 8.78 Å². The van der Waals surface area contributed by atoms with Crippen molar-refractivity contribution in [2.75, 3.05) is 7.11 Å². The van der Waals surface area contributed by atoms with Gasteiger partial charge in [0.25, 0.3) is 0 Å². The van der Waals surface area contributed by atoms with Crippen LogP contribution in [0.5, 0.6) is 0 Å². The molecule has 2 rings (SSSR count). The van der Waals surface area contributed by atoms with Gasteiger partial charge >= 0.3 is 0 Å². The minimum absolute atomic E-state index is 0.239. The summed E-state index contributed by atoms with van der Waals surface area (Å²) >= 11 is 0. The predicted molar refractivity (Wildman–Crippen MR) is 78.6 cm³/mol. The van der Waals surface area contributed by atoms with E-state index in [0.29, 0.717) is 12.0 Å². The third-order valence-corrected chi connectivity index (χ3v) is 4.62. The molecule has 1 saturated carbocycles. The summed E-state index contributed by atoms with van der Waals surface area (Å²) in [7, 11) is 1.68. The van der Waals surface area contributed by atoms with Crippen LogP contribution in [-0.2, 0) is 11.2 Å². The van der Waals surface area contributed by atoms with E-state index in [4.69, 9.17) is 10.6 Å². The quantitative estimate of drug-likeness (QED) is 0.499. The molecule has 0 bridgehead atoms. The third kappa shape index (κ3) is 3.78. The number of rotatable bonds is 5. The van der Waals surface area contributed by atoms with E-state index in [0.717, 1.165) is 37.8 Å². The number of ether oxygens (including phenoxy) is 1. The van der Waals surface area contributed by atoms with Gasteiger partial charge in [0.05, 0.1) is 11.6 Å². The Hall–Kier alpha value is -1.04. The lowest BCUT2D eigenvalue weighted by Crippen LogP contribution is -2.55. The van der Waals surface area contributed by atoms with E-state index in [9.17, 15) is 8.78 Å². The first-order chi connectivity index (χ1) is 10.1. The van der Waals surface area contributed by atoms with Gasteiger partial charge in [0.15, 0.2) is 0 Å². The SMILES string of the molecule is COC1(C(Cc2cc(F)ccc2F)NN)CCCCCC1. The van der Waals surface area contributed by atoms with Crippen LogP contribution in [-0.4, -0.2) is 18.8 Å². The van der Waals surface area contributed by atoms with Gasteiger partial charge in [-0.15, -0.1) is 0 Å². The van der Waals surface area contributed by atoms with Crippen LogP contribution < -0.4 is 11.3 Å². The van der Waals surface area contributed by atoms with Crippen LogP contribution in [0.15, 0.2) is 18.2 Å². The Morgan fingerprint density at radius 2 is 1.90 bits per heavy atom. The molecule has 0 aliphatic heterocycles. The highest BCUT2D eigenvalue weighted by Crippen LogP contribution is 2.34. The molecule has 118 valence electrons. The molecule has 1 aliphatic rings. The van der Waals surface area contributed by atoms with Gasteiger partial charge in [-0.1, -0.05) is 25.7 Å². The molecule has 0 spiro atoms. The van der Waals surface area contributed by atoms with Crippen LogP contribution in [0, 0.1) is 11.6 Å². The molecule has 0 aromatic heterocycles. The number of hydrazine groups is 1. The molecule has 0 heterocycles. The Labute approximate surface area is 124 Å². The minimum atomic E-state index is -0.436. The molecular formula is C16H24F2N2O. The van der Waals surface area contributed by atoms with Crippen LogP contribution in [0.3, 0.4) is 0 Å². The highest BCUT2D eigenvalue weighted by molar-refractivity contribution is 5.21. The number of hydrogen-bond donors (Lipinski definition) is 2. The smallest absolute Gasteiger partial charge is 0.126 e. The molecule has 5 heteroatoms. The van der Waals surface area contributed by atoms with Gasteiger partial charge in [0, 0.05) is 7.11 Å². The second-order valence-corrected chi connectivity index (χ2v) is 5.84. The van der Waals surface area contributed by atoms with E-state index >= 15 is 0 Å². The van der Waals surface area contributed by atoms with Gasteiger partial charge in [-0.3, -0.25) is 11.3 Å². The first kappa shape index (κ1) is 16.3. The van der Waals surface area contributed by atoms with E-state index in [-0.39, 0.29) is 6.04 Å². The maximum absolute atomic E-state index is 13.9. The number of hydrogen-bond acceptors (Lipinski definition) is 3. The van der Waals surface area contributed by atoms with E-state index in [1.165, 1.54) is 18.9 Å². The van der Waals surface area contributed by atoms with E-state index in [1.54, 1.807) is 7.11 Å². The zero-order valence-corrected chi connectivity index (χ0v) is 12.5. The number of nitrogens with one attached hydrogen (secondary N) is 1. The van der Waals surface area contributed by atoms with Gasteiger partial charge in [-0.05, 0) is 43.0 Å². The van der Waals surface area contributed by atoms with Crippen molar-refractivity contribution in [1.29, 1.82) is 0 Å². The van der Waals surface area contributed by atoms with E-state index < -0.39 is 17.2 Å². The monoisotopic (exact) mass is 298 g/mol. The first-order valence-electron chi connectivity index (χ1n) is 7.56. The summed E-state index contributed by atoms with van der Waals surface area (Å²) in [6, 6.07) is 3.28. The van der Waals surface area contributed by atoms with Gasteiger partial charge < -0.3 is 4.74 Å². The fraction of sp³-hybridized carbons (Fsp3) is 0.625. The minimum Gasteiger partial charge on any atom is -0.377 e. The van der Waals surface area contributed by atoms with Gasteiger partial charge in [0.1, 0.15) is 11.6 Å². The Kier molecular flexibility index (Phi) is 5.67.